The minimum Gasteiger partial charge on any atom is -0.372 e. The molecule has 2 nitrogen and oxygen atoms in total. The lowest BCUT2D eigenvalue weighted by atomic mass is 10.1. The monoisotopic (exact) mass is 277 g/mol. The zero-order chi connectivity index (χ0) is 14.2. The van der Waals surface area contributed by atoms with Crippen LogP contribution in [-0.4, -0.2) is 30.2 Å². The van der Waals surface area contributed by atoms with Crippen LogP contribution in [0.5, 0.6) is 0 Å². The molecule has 0 bridgehead atoms. The fraction of sp³-hybridized carbons (Fsp3) is 0.778. The van der Waals surface area contributed by atoms with E-state index in [0.29, 0.717) is 12.2 Å². The van der Waals surface area contributed by atoms with Gasteiger partial charge < -0.3 is 9.64 Å². The van der Waals surface area contributed by atoms with E-state index in [4.69, 9.17) is 4.74 Å². The summed E-state index contributed by atoms with van der Waals surface area (Å²) in [6.45, 7) is 6.50. The Morgan fingerprint density at radius 2 is 1.55 bits per heavy atom. The molecule has 1 saturated heterocycles. The first-order chi connectivity index (χ1) is 9.75. The Balaban J connectivity index is 1.97. The third kappa shape index (κ3) is 5.32. The van der Waals surface area contributed by atoms with Crippen molar-refractivity contribution in [2.75, 3.05) is 13.1 Å². The van der Waals surface area contributed by atoms with Crippen molar-refractivity contribution < 1.29 is 4.74 Å². The maximum Gasteiger partial charge on any atom is 0.0726 e. The minimum atomic E-state index is 0.358. The van der Waals surface area contributed by atoms with Crippen LogP contribution in [0.2, 0.25) is 0 Å². The van der Waals surface area contributed by atoms with Gasteiger partial charge in [0, 0.05) is 18.8 Å². The molecule has 0 aromatic rings. The van der Waals surface area contributed by atoms with E-state index in [1.54, 1.807) is 5.70 Å². The van der Waals surface area contributed by atoms with E-state index < -0.39 is 0 Å². The second-order valence-corrected chi connectivity index (χ2v) is 6.36. The quantitative estimate of drug-likeness (QED) is 0.646. The van der Waals surface area contributed by atoms with Crippen molar-refractivity contribution >= 4 is 0 Å². The van der Waals surface area contributed by atoms with Gasteiger partial charge in [-0.15, -0.1) is 0 Å². The van der Waals surface area contributed by atoms with Gasteiger partial charge in [-0.25, -0.2) is 0 Å². The number of morpholine rings is 1. The van der Waals surface area contributed by atoms with E-state index in [-0.39, 0.29) is 0 Å². The molecule has 2 rings (SSSR count). The Morgan fingerprint density at radius 3 is 2.30 bits per heavy atom. The van der Waals surface area contributed by atoms with Crippen molar-refractivity contribution in [3.63, 3.8) is 0 Å². The lowest BCUT2D eigenvalue weighted by Crippen LogP contribution is -2.44. The topological polar surface area (TPSA) is 12.5 Å². The number of hydrogen-bond acceptors (Lipinski definition) is 2. The van der Waals surface area contributed by atoms with Gasteiger partial charge in [0.15, 0.2) is 0 Å². The van der Waals surface area contributed by atoms with Crippen molar-refractivity contribution in [1.82, 2.24) is 4.90 Å². The van der Waals surface area contributed by atoms with Crippen LogP contribution >= 0.6 is 0 Å². The molecule has 114 valence electrons. The summed E-state index contributed by atoms with van der Waals surface area (Å²) in [7, 11) is 0. The summed E-state index contributed by atoms with van der Waals surface area (Å²) in [4.78, 5) is 2.57. The molecule has 1 aliphatic carbocycles. The summed E-state index contributed by atoms with van der Waals surface area (Å²) >= 11 is 0. The van der Waals surface area contributed by atoms with Gasteiger partial charge >= 0.3 is 0 Å². The number of ether oxygens (including phenoxy) is 1. The maximum absolute atomic E-state index is 5.86. The Kier molecular flexibility index (Phi) is 6.65. The van der Waals surface area contributed by atoms with E-state index in [1.807, 2.05) is 0 Å². The smallest absolute Gasteiger partial charge is 0.0726 e. The third-order valence-electron chi connectivity index (χ3n) is 4.26. The SMILES string of the molecule is CC1CN(/C2=C/CCCCCC/C=C\CC2)CC(C)O1. The van der Waals surface area contributed by atoms with Crippen LogP contribution in [0.4, 0.5) is 0 Å². The molecule has 0 spiro atoms. The Labute approximate surface area is 124 Å². The first-order valence-corrected chi connectivity index (χ1v) is 8.50. The van der Waals surface area contributed by atoms with E-state index in [0.717, 1.165) is 13.1 Å². The van der Waals surface area contributed by atoms with Crippen molar-refractivity contribution in [3.8, 4) is 0 Å². The largest absolute Gasteiger partial charge is 0.372 e. The van der Waals surface area contributed by atoms with Crippen LogP contribution in [0, 0.1) is 0 Å². The van der Waals surface area contributed by atoms with Gasteiger partial charge in [0.2, 0.25) is 0 Å². The summed E-state index contributed by atoms with van der Waals surface area (Å²) in [6.07, 6.45) is 18.4. The summed E-state index contributed by atoms with van der Waals surface area (Å²) < 4.78 is 5.86. The van der Waals surface area contributed by atoms with Gasteiger partial charge in [-0.2, -0.15) is 0 Å². The Bertz CT molecular complexity index is 324. The molecular formula is C18H31NO. The van der Waals surface area contributed by atoms with Crippen molar-refractivity contribution in [2.24, 2.45) is 0 Å². The standard InChI is InChI=1S/C18H31NO/c1-16-14-19(15-17(2)20-16)18-12-10-8-6-4-3-5-7-9-11-13-18/h6,8,13,16-17H,3-5,7,9-12,14-15H2,1-2H3/b8-6-,18-13+. The highest BCUT2D eigenvalue weighted by molar-refractivity contribution is 5.05. The normalized spacial score (nSPS) is 34.5. The van der Waals surface area contributed by atoms with Crippen LogP contribution < -0.4 is 0 Å². The van der Waals surface area contributed by atoms with Gasteiger partial charge in [0.05, 0.1) is 12.2 Å². The highest BCUT2D eigenvalue weighted by Crippen LogP contribution is 2.21. The van der Waals surface area contributed by atoms with Gasteiger partial charge in [-0.1, -0.05) is 31.1 Å². The molecule has 1 aliphatic heterocycles. The Hall–Kier alpha value is -0.760. The van der Waals surface area contributed by atoms with Crippen molar-refractivity contribution in [3.05, 3.63) is 23.9 Å². The van der Waals surface area contributed by atoms with E-state index in [9.17, 15) is 0 Å². The predicted octanol–water partition coefficient (Wildman–Crippen LogP) is 4.67. The van der Waals surface area contributed by atoms with Crippen LogP contribution in [0.15, 0.2) is 23.9 Å². The number of allylic oxidation sites excluding steroid dienone is 4. The molecule has 0 amide bonds. The summed E-state index contributed by atoms with van der Waals surface area (Å²) in [6, 6.07) is 0. The summed E-state index contributed by atoms with van der Waals surface area (Å²) in [5, 5.41) is 0. The molecule has 20 heavy (non-hydrogen) atoms. The Morgan fingerprint density at radius 1 is 0.900 bits per heavy atom. The second kappa shape index (κ2) is 8.51. The van der Waals surface area contributed by atoms with Gasteiger partial charge in [0.25, 0.3) is 0 Å². The first-order valence-electron chi connectivity index (χ1n) is 8.50. The number of rotatable bonds is 1. The molecule has 0 aromatic heterocycles. The van der Waals surface area contributed by atoms with E-state index >= 15 is 0 Å². The molecule has 0 N–H and O–H groups in total. The summed E-state index contributed by atoms with van der Waals surface area (Å²) in [5.74, 6) is 0. The second-order valence-electron chi connectivity index (χ2n) is 6.36. The molecule has 1 fully saturated rings. The molecule has 2 heteroatoms. The lowest BCUT2D eigenvalue weighted by Gasteiger charge is -2.38. The molecule has 1 heterocycles. The van der Waals surface area contributed by atoms with Gasteiger partial charge in [-0.05, 0) is 52.4 Å². The molecule has 0 saturated carbocycles. The maximum atomic E-state index is 5.86. The molecule has 0 radical (unpaired) electrons. The third-order valence-corrected chi connectivity index (χ3v) is 4.26. The number of nitrogens with zero attached hydrogens (tertiary/aromatic N) is 1. The predicted molar refractivity (Wildman–Crippen MR) is 85.7 cm³/mol. The highest BCUT2D eigenvalue weighted by Gasteiger charge is 2.23. The number of hydrogen-bond donors (Lipinski definition) is 0. The van der Waals surface area contributed by atoms with Crippen molar-refractivity contribution in [2.45, 2.75) is 77.4 Å². The van der Waals surface area contributed by atoms with Crippen LogP contribution in [0.3, 0.4) is 0 Å². The highest BCUT2D eigenvalue weighted by atomic mass is 16.5. The van der Waals surface area contributed by atoms with Gasteiger partial charge in [0.1, 0.15) is 0 Å². The summed E-state index contributed by atoms with van der Waals surface area (Å²) in [5.41, 5.74) is 1.55. The molecule has 0 aromatic carbocycles. The van der Waals surface area contributed by atoms with Crippen molar-refractivity contribution in [1.29, 1.82) is 0 Å². The average molecular weight is 277 g/mol. The zero-order valence-corrected chi connectivity index (χ0v) is 13.3. The van der Waals surface area contributed by atoms with E-state index in [2.05, 4.69) is 37.0 Å². The van der Waals surface area contributed by atoms with Crippen LogP contribution in [-0.2, 0) is 4.74 Å². The molecule has 2 atom stereocenters. The van der Waals surface area contributed by atoms with Crippen LogP contribution in [0.1, 0.15) is 65.2 Å². The minimum absolute atomic E-state index is 0.358. The van der Waals surface area contributed by atoms with Crippen LogP contribution in [0.25, 0.3) is 0 Å². The zero-order valence-electron chi connectivity index (χ0n) is 13.3. The molecule has 2 aliphatic rings. The average Bonchev–Trinajstić information content (AvgIpc) is 2.38. The lowest BCUT2D eigenvalue weighted by molar-refractivity contribution is -0.0587. The van der Waals surface area contributed by atoms with E-state index in [1.165, 1.54) is 51.4 Å². The van der Waals surface area contributed by atoms with Gasteiger partial charge in [-0.3, -0.25) is 0 Å². The first kappa shape index (κ1) is 15.6. The fourth-order valence-electron chi connectivity index (χ4n) is 3.30. The molecular weight excluding hydrogens is 246 g/mol. The fourth-order valence-corrected chi connectivity index (χ4v) is 3.30. The molecule has 2 unspecified atom stereocenters.